The van der Waals surface area contributed by atoms with E-state index in [1.807, 2.05) is 13.0 Å². The fraction of sp³-hybridized carbons (Fsp3) is 0.559. The van der Waals surface area contributed by atoms with E-state index in [0.29, 0.717) is 17.7 Å². The summed E-state index contributed by atoms with van der Waals surface area (Å²) in [6.07, 6.45) is 8.22. The third-order valence-electron chi connectivity index (χ3n) is 9.08. The van der Waals surface area contributed by atoms with Crippen molar-refractivity contribution in [2.45, 2.75) is 110 Å². The number of carboxylic acids is 1. The van der Waals surface area contributed by atoms with Gasteiger partial charge in [-0.2, -0.15) is 12.7 Å². The van der Waals surface area contributed by atoms with Crippen LogP contribution in [0.4, 0.5) is 0 Å². The maximum absolute atomic E-state index is 13.4. The van der Waals surface area contributed by atoms with E-state index in [4.69, 9.17) is 20.0 Å². The van der Waals surface area contributed by atoms with Gasteiger partial charge in [0, 0.05) is 17.9 Å². The molecule has 1 fully saturated rings. The number of aliphatic carboxylic acids is 1. The van der Waals surface area contributed by atoms with Crippen LogP contribution in [0.1, 0.15) is 96.6 Å². The molecule has 1 aromatic carbocycles. The lowest BCUT2D eigenvalue weighted by Gasteiger charge is -2.43. The number of rotatable bonds is 17. The second kappa shape index (κ2) is 16.2. The predicted molar refractivity (Wildman–Crippen MR) is 186 cm³/mol. The van der Waals surface area contributed by atoms with E-state index in [9.17, 15) is 37.6 Å². The fourth-order valence-corrected chi connectivity index (χ4v) is 6.88. The first-order valence-electron chi connectivity index (χ1n) is 16.9. The highest BCUT2D eigenvalue weighted by Gasteiger charge is 2.55. The van der Waals surface area contributed by atoms with Gasteiger partial charge in [-0.25, -0.2) is 9.79 Å². The van der Waals surface area contributed by atoms with Gasteiger partial charge in [0.15, 0.2) is 24.8 Å². The third kappa shape index (κ3) is 9.25. The summed E-state index contributed by atoms with van der Waals surface area (Å²) in [4.78, 5) is 47.1. The highest BCUT2D eigenvalue weighted by atomic mass is 32.2. The summed E-state index contributed by atoms with van der Waals surface area (Å²) in [7, 11) is -5.14. The number of hydrogen-bond acceptors (Lipinski definition) is 12. The molecular weight excluding hydrogens is 686 g/mol. The molecule has 3 aliphatic rings. The Labute approximate surface area is 297 Å². The number of nitrogens with two attached hydrogens (primary N) is 1. The van der Waals surface area contributed by atoms with Gasteiger partial charge in [-0.3, -0.25) is 14.1 Å². The van der Waals surface area contributed by atoms with Crippen LogP contribution in [0.25, 0.3) is 0 Å². The van der Waals surface area contributed by atoms with Gasteiger partial charge < -0.3 is 35.6 Å². The number of hydrogen-bond donors (Lipinski definition) is 5. The Morgan fingerprint density at radius 3 is 2.55 bits per heavy atom. The molecule has 16 nitrogen and oxygen atoms in total. The molecule has 1 saturated heterocycles. The number of ether oxygens (including phenoxy) is 2. The largest absolute Gasteiger partial charge is 0.507 e. The molecule has 0 spiro atoms. The average Bonchev–Trinajstić information content (AvgIpc) is 3.48. The number of nitrogens with zero attached hydrogens (tertiary/aromatic N) is 3. The van der Waals surface area contributed by atoms with Crippen molar-refractivity contribution in [3.8, 4) is 11.5 Å². The topological polar surface area (TPSA) is 240 Å². The van der Waals surface area contributed by atoms with Gasteiger partial charge in [0.1, 0.15) is 17.3 Å². The third-order valence-corrected chi connectivity index (χ3v) is 9.97. The van der Waals surface area contributed by atoms with Crippen molar-refractivity contribution in [3.63, 3.8) is 0 Å². The number of carbonyl (C=O) groups excluding carboxylic acids is 2. The number of nitrogens with one attached hydrogen (secondary N) is 1. The van der Waals surface area contributed by atoms with E-state index in [0.717, 1.165) is 44.1 Å². The molecule has 2 amide bonds. The van der Waals surface area contributed by atoms with Gasteiger partial charge in [0.2, 0.25) is 5.60 Å². The summed E-state index contributed by atoms with van der Waals surface area (Å²) in [5, 5.41) is 26.7. The zero-order valence-electron chi connectivity index (χ0n) is 29.4. The molecule has 2 heterocycles. The summed E-state index contributed by atoms with van der Waals surface area (Å²) < 4.78 is 46.0. The van der Waals surface area contributed by atoms with Gasteiger partial charge in [0.05, 0.1) is 5.70 Å². The van der Waals surface area contributed by atoms with Crippen molar-refractivity contribution in [2.24, 2.45) is 21.8 Å². The number of aryl methyl sites for hydroxylation is 1. The lowest BCUT2D eigenvalue weighted by Crippen LogP contribution is -2.73. The molecule has 280 valence electrons. The van der Waals surface area contributed by atoms with Gasteiger partial charge in [-0.05, 0) is 76.1 Å². The second-order valence-electron chi connectivity index (χ2n) is 13.4. The molecule has 0 saturated carbocycles. The number of amidine groups is 1. The van der Waals surface area contributed by atoms with Gasteiger partial charge in [0.25, 0.3) is 11.8 Å². The van der Waals surface area contributed by atoms with Crippen LogP contribution in [0.2, 0.25) is 0 Å². The first-order chi connectivity index (χ1) is 24.0. The molecule has 17 heteroatoms. The van der Waals surface area contributed by atoms with Crippen LogP contribution in [-0.2, 0) is 40.7 Å². The van der Waals surface area contributed by atoms with Crippen LogP contribution in [0.5, 0.6) is 11.5 Å². The summed E-state index contributed by atoms with van der Waals surface area (Å²) in [6.45, 7) is 7.94. The Hall–Kier alpha value is -4.48. The molecule has 1 aromatic rings. The normalized spacial score (nSPS) is 22.5. The van der Waals surface area contributed by atoms with Gasteiger partial charge in [-0.1, -0.05) is 49.9 Å². The minimum absolute atomic E-state index is 0.0487. The van der Waals surface area contributed by atoms with E-state index in [-0.39, 0.29) is 39.8 Å². The number of benzene rings is 1. The van der Waals surface area contributed by atoms with Crippen molar-refractivity contribution in [3.05, 3.63) is 46.7 Å². The minimum Gasteiger partial charge on any atom is -0.507 e. The van der Waals surface area contributed by atoms with Crippen LogP contribution in [-0.4, -0.2) is 81.5 Å². The SMILES string of the molecule is CCCCCc1cc(O)c([C@@H]2C=C(C)CC[C@H]2CC)c(OCOC2[C@H](NC(=O)/C(=N\OC(C)(C)C(=O)O)C3=CCC(N)=N3)C(=O)N2S(=O)(=O)O)c1. The van der Waals surface area contributed by atoms with Crippen LogP contribution in [0.3, 0.4) is 0 Å². The van der Waals surface area contributed by atoms with Crippen molar-refractivity contribution in [2.75, 3.05) is 6.79 Å². The number of allylic oxidation sites excluding steroid dienone is 2. The summed E-state index contributed by atoms with van der Waals surface area (Å²) in [5.41, 5.74) is 5.83. The van der Waals surface area contributed by atoms with Crippen molar-refractivity contribution < 1.29 is 51.9 Å². The predicted octanol–water partition coefficient (Wildman–Crippen LogP) is 3.66. The Kier molecular flexibility index (Phi) is 12.5. The number of phenolic OH excluding ortho intramolecular Hbond substituents is 1. The van der Waals surface area contributed by atoms with E-state index in [1.165, 1.54) is 25.5 Å². The number of carboxylic acid groups (broad SMARTS) is 1. The van der Waals surface area contributed by atoms with Gasteiger partial charge >= 0.3 is 16.3 Å². The monoisotopic (exact) mass is 733 g/mol. The molecule has 0 bridgehead atoms. The first-order valence-corrected chi connectivity index (χ1v) is 18.3. The number of amides is 2. The lowest BCUT2D eigenvalue weighted by molar-refractivity contribution is -0.179. The van der Waals surface area contributed by atoms with Gasteiger partial charge in [-0.15, -0.1) is 0 Å². The number of β-lactam (4-membered cyclic amide) rings is 1. The molecular formula is C34H47N5O11S. The number of aromatic hydroxyl groups is 1. The highest BCUT2D eigenvalue weighted by Crippen LogP contribution is 2.46. The zero-order valence-corrected chi connectivity index (χ0v) is 30.2. The zero-order chi connectivity index (χ0) is 37.7. The standard InChI is InChI=1S/C34H47N5O11S/c1-6-8-9-10-20-16-24(40)27(22-15-19(3)11-12-21(22)7-2)25(17-20)48-18-49-32-29(31(42)39(32)51(45,46)47)37-30(41)28(23-13-14-26(35)36-23)38-50-34(4,5)33(43)44/h13,15-17,21-22,29,32,40H,6-12,14,18H2,1-5H3,(H2,35,36)(H,37,41)(H,43,44)(H,45,46,47)/b38-28-/t21-,22-,29-,32?/m1/s1. The second-order valence-corrected chi connectivity index (χ2v) is 14.6. The molecule has 0 radical (unpaired) electrons. The quantitative estimate of drug-likeness (QED) is 0.0293. The summed E-state index contributed by atoms with van der Waals surface area (Å²) in [6, 6.07) is 1.88. The minimum atomic E-state index is -5.14. The van der Waals surface area contributed by atoms with E-state index >= 15 is 0 Å². The number of aliphatic imine (C=N–C) groups is 1. The number of carbonyl (C=O) groups is 3. The molecule has 1 unspecified atom stereocenters. The first kappa shape index (κ1) is 39.3. The molecule has 6 N–H and O–H groups in total. The Morgan fingerprint density at radius 2 is 1.94 bits per heavy atom. The smallest absolute Gasteiger partial charge is 0.364 e. The lowest BCUT2D eigenvalue weighted by atomic mass is 9.75. The molecule has 2 aliphatic heterocycles. The van der Waals surface area contributed by atoms with Crippen LogP contribution < -0.4 is 15.8 Å². The van der Waals surface area contributed by atoms with E-state index in [1.54, 1.807) is 6.07 Å². The van der Waals surface area contributed by atoms with Crippen LogP contribution in [0, 0.1) is 5.92 Å². The maximum atomic E-state index is 13.4. The molecule has 0 aromatic heterocycles. The maximum Gasteiger partial charge on any atom is 0.364 e. The van der Waals surface area contributed by atoms with Crippen molar-refractivity contribution in [1.82, 2.24) is 9.62 Å². The Bertz CT molecular complexity index is 1750. The number of oxime groups is 1. The summed E-state index contributed by atoms with van der Waals surface area (Å²) in [5.74, 6) is -3.15. The van der Waals surface area contributed by atoms with Crippen molar-refractivity contribution >= 4 is 39.6 Å². The highest BCUT2D eigenvalue weighted by molar-refractivity contribution is 7.84. The van der Waals surface area contributed by atoms with Crippen LogP contribution >= 0.6 is 0 Å². The fourth-order valence-electron chi connectivity index (χ4n) is 6.10. The number of unbranched alkanes of at least 4 members (excludes halogenated alkanes) is 2. The van der Waals surface area contributed by atoms with Crippen LogP contribution in [0.15, 0.2) is 45.7 Å². The van der Waals surface area contributed by atoms with E-state index < -0.39 is 58.5 Å². The Balaban J connectivity index is 1.60. The Morgan fingerprint density at radius 1 is 1.22 bits per heavy atom. The number of phenols is 1. The average molecular weight is 734 g/mol. The van der Waals surface area contributed by atoms with Crippen molar-refractivity contribution in [1.29, 1.82) is 0 Å². The van der Waals surface area contributed by atoms with E-state index in [2.05, 4.69) is 35.4 Å². The molecule has 4 rings (SSSR count). The molecule has 51 heavy (non-hydrogen) atoms. The molecule has 1 aliphatic carbocycles. The molecule has 4 atom stereocenters. The summed E-state index contributed by atoms with van der Waals surface area (Å²) >= 11 is 0.